The van der Waals surface area contributed by atoms with Gasteiger partial charge in [0.1, 0.15) is 17.0 Å². The quantitative estimate of drug-likeness (QED) is 0.776. The Kier molecular flexibility index (Phi) is 6.77. The number of benzene rings is 1. The first-order valence-electron chi connectivity index (χ1n) is 10.4. The van der Waals surface area contributed by atoms with E-state index in [9.17, 15) is 9.59 Å². The number of carbonyl (C=O) groups is 2. The third-order valence-electron chi connectivity index (χ3n) is 5.06. The van der Waals surface area contributed by atoms with Crippen molar-refractivity contribution in [2.24, 2.45) is 5.92 Å². The van der Waals surface area contributed by atoms with Crippen molar-refractivity contribution in [1.82, 2.24) is 25.1 Å². The fraction of sp³-hybridized carbons (Fsp3) is 0.571. The van der Waals surface area contributed by atoms with Gasteiger partial charge in [-0.15, -0.1) is 5.10 Å². The minimum atomic E-state index is -0.508. The molecule has 0 saturated carbocycles. The van der Waals surface area contributed by atoms with E-state index in [4.69, 9.17) is 9.47 Å². The van der Waals surface area contributed by atoms with Crippen LogP contribution in [-0.4, -0.2) is 62.9 Å². The lowest BCUT2D eigenvalue weighted by Gasteiger charge is -2.33. The highest BCUT2D eigenvalue weighted by atomic mass is 16.6. The molecule has 2 amide bonds. The smallest absolute Gasteiger partial charge is 0.410 e. The number of nitrogens with one attached hydrogen (secondary N) is 1. The van der Waals surface area contributed by atoms with Gasteiger partial charge in [-0.3, -0.25) is 4.79 Å². The molecule has 3 rings (SSSR count). The molecule has 1 aromatic heterocycles. The van der Waals surface area contributed by atoms with Crippen LogP contribution in [-0.2, 0) is 9.53 Å². The Morgan fingerprint density at radius 2 is 1.94 bits per heavy atom. The molecule has 1 fully saturated rings. The number of piperidine rings is 1. The number of anilines is 1. The summed E-state index contributed by atoms with van der Waals surface area (Å²) >= 11 is 0. The van der Waals surface area contributed by atoms with E-state index in [2.05, 4.69) is 20.8 Å². The molecule has 0 atom stereocenters. The lowest BCUT2D eigenvalue weighted by atomic mass is 9.93. The van der Waals surface area contributed by atoms with E-state index in [-0.39, 0.29) is 17.9 Å². The van der Waals surface area contributed by atoms with Crippen molar-refractivity contribution in [1.29, 1.82) is 0 Å². The molecule has 0 bridgehead atoms. The Hall–Kier alpha value is -3.17. The molecule has 31 heavy (non-hydrogen) atoms. The molecule has 1 aromatic carbocycles. The SMILES string of the molecule is COc1ccc(NC(=O)CC2CCN(C(=O)OC(C)(C)C)CC2)cc1-n1nnnc1C. The maximum absolute atomic E-state index is 12.6. The zero-order chi connectivity index (χ0) is 22.6. The zero-order valence-electron chi connectivity index (χ0n) is 18.7. The molecule has 2 heterocycles. The van der Waals surface area contributed by atoms with Crippen LogP contribution < -0.4 is 10.1 Å². The third kappa shape index (κ3) is 5.93. The highest BCUT2D eigenvalue weighted by molar-refractivity contribution is 5.91. The first-order valence-corrected chi connectivity index (χ1v) is 10.4. The number of aryl methyl sites for hydroxylation is 1. The minimum Gasteiger partial charge on any atom is -0.494 e. The third-order valence-corrected chi connectivity index (χ3v) is 5.06. The largest absolute Gasteiger partial charge is 0.494 e. The number of amides is 2. The molecule has 10 heteroatoms. The Morgan fingerprint density at radius 1 is 1.23 bits per heavy atom. The summed E-state index contributed by atoms with van der Waals surface area (Å²) in [6.07, 6.45) is 1.64. The number of rotatable bonds is 5. The van der Waals surface area contributed by atoms with Gasteiger partial charge in [-0.2, -0.15) is 4.68 Å². The lowest BCUT2D eigenvalue weighted by molar-refractivity contribution is -0.117. The van der Waals surface area contributed by atoms with E-state index in [0.717, 1.165) is 12.8 Å². The molecular weight excluding hydrogens is 400 g/mol. The van der Waals surface area contributed by atoms with Gasteiger partial charge in [0.05, 0.1) is 7.11 Å². The van der Waals surface area contributed by atoms with Crippen LogP contribution >= 0.6 is 0 Å². The minimum absolute atomic E-state index is 0.0692. The fourth-order valence-electron chi connectivity index (χ4n) is 3.51. The molecular formula is C21H30N6O4. The second-order valence-corrected chi connectivity index (χ2v) is 8.69. The van der Waals surface area contributed by atoms with Crippen LogP contribution in [0, 0.1) is 12.8 Å². The van der Waals surface area contributed by atoms with Crippen LogP contribution in [0.3, 0.4) is 0 Å². The second-order valence-electron chi connectivity index (χ2n) is 8.69. The predicted octanol–water partition coefficient (Wildman–Crippen LogP) is 2.96. The molecule has 0 unspecified atom stereocenters. The van der Waals surface area contributed by atoms with E-state index >= 15 is 0 Å². The number of likely N-dealkylation sites (tertiary alicyclic amines) is 1. The first-order chi connectivity index (χ1) is 14.7. The van der Waals surface area contributed by atoms with Crippen molar-refractivity contribution in [3.63, 3.8) is 0 Å². The van der Waals surface area contributed by atoms with Gasteiger partial charge in [-0.25, -0.2) is 4.79 Å². The zero-order valence-corrected chi connectivity index (χ0v) is 18.7. The number of hydrogen-bond acceptors (Lipinski definition) is 7. The van der Waals surface area contributed by atoms with Gasteiger partial charge in [0, 0.05) is 25.2 Å². The van der Waals surface area contributed by atoms with E-state index in [1.807, 2.05) is 20.8 Å². The summed E-state index contributed by atoms with van der Waals surface area (Å²) in [5.41, 5.74) is 0.779. The van der Waals surface area contributed by atoms with Crippen molar-refractivity contribution in [2.75, 3.05) is 25.5 Å². The van der Waals surface area contributed by atoms with E-state index in [0.29, 0.717) is 42.5 Å². The van der Waals surface area contributed by atoms with Gasteiger partial charge < -0.3 is 19.7 Å². The molecule has 0 spiro atoms. The molecule has 168 valence electrons. The van der Waals surface area contributed by atoms with Gasteiger partial charge in [-0.05, 0) is 75.1 Å². The number of hydrogen-bond donors (Lipinski definition) is 1. The molecule has 10 nitrogen and oxygen atoms in total. The van der Waals surface area contributed by atoms with Gasteiger partial charge in [-0.1, -0.05) is 0 Å². The van der Waals surface area contributed by atoms with Crippen molar-refractivity contribution >= 4 is 17.7 Å². The van der Waals surface area contributed by atoms with Crippen LogP contribution in [0.2, 0.25) is 0 Å². The maximum atomic E-state index is 12.6. The van der Waals surface area contributed by atoms with Crippen molar-refractivity contribution in [2.45, 2.75) is 52.6 Å². The van der Waals surface area contributed by atoms with Crippen molar-refractivity contribution < 1.29 is 19.1 Å². The fourth-order valence-corrected chi connectivity index (χ4v) is 3.51. The molecule has 1 N–H and O–H groups in total. The molecule has 0 radical (unpaired) electrons. The van der Waals surface area contributed by atoms with E-state index in [1.165, 1.54) is 0 Å². The molecule has 1 aliphatic rings. The number of tetrazole rings is 1. The number of methoxy groups -OCH3 is 1. The number of ether oxygens (including phenoxy) is 2. The topological polar surface area (TPSA) is 111 Å². The van der Waals surface area contributed by atoms with Gasteiger partial charge >= 0.3 is 6.09 Å². The average Bonchev–Trinajstić information content (AvgIpc) is 3.12. The molecule has 0 aliphatic carbocycles. The summed E-state index contributed by atoms with van der Waals surface area (Å²) in [4.78, 5) is 26.5. The Labute approximate surface area is 181 Å². The van der Waals surface area contributed by atoms with Gasteiger partial charge in [0.2, 0.25) is 5.91 Å². The summed E-state index contributed by atoms with van der Waals surface area (Å²) in [7, 11) is 1.57. The highest BCUT2D eigenvalue weighted by Gasteiger charge is 2.27. The number of carbonyl (C=O) groups excluding carboxylic acids is 2. The van der Waals surface area contributed by atoms with Gasteiger partial charge in [0.25, 0.3) is 0 Å². The average molecular weight is 431 g/mol. The van der Waals surface area contributed by atoms with E-state index < -0.39 is 5.60 Å². The monoisotopic (exact) mass is 430 g/mol. The lowest BCUT2D eigenvalue weighted by Crippen LogP contribution is -2.42. The Bertz CT molecular complexity index is 928. The number of nitrogens with zero attached hydrogens (tertiary/aromatic N) is 5. The first kappa shape index (κ1) is 22.5. The van der Waals surface area contributed by atoms with Gasteiger partial charge in [0.15, 0.2) is 5.82 Å². The Balaban J connectivity index is 1.56. The summed E-state index contributed by atoms with van der Waals surface area (Å²) in [6, 6.07) is 5.33. The standard InChI is InChI=1S/C21H30N6O4/c1-14-23-24-25-27(14)17-13-16(6-7-18(17)30-5)22-19(28)12-15-8-10-26(11-9-15)20(29)31-21(2,3)4/h6-7,13,15H,8-12H2,1-5H3,(H,22,28). The maximum Gasteiger partial charge on any atom is 0.410 e. The summed E-state index contributed by atoms with van der Waals surface area (Å²) in [5.74, 6) is 1.36. The highest BCUT2D eigenvalue weighted by Crippen LogP contribution is 2.27. The second kappa shape index (κ2) is 9.32. The van der Waals surface area contributed by atoms with Crippen molar-refractivity contribution in [3.8, 4) is 11.4 Å². The molecule has 2 aromatic rings. The van der Waals surface area contributed by atoms with Crippen LogP contribution in [0.5, 0.6) is 5.75 Å². The number of aromatic nitrogens is 4. The predicted molar refractivity (Wildman–Crippen MR) is 114 cm³/mol. The summed E-state index contributed by atoms with van der Waals surface area (Å²) in [6.45, 7) is 8.54. The van der Waals surface area contributed by atoms with Crippen molar-refractivity contribution in [3.05, 3.63) is 24.0 Å². The van der Waals surface area contributed by atoms with Crippen LogP contribution in [0.1, 0.15) is 45.9 Å². The van der Waals surface area contributed by atoms with E-state index in [1.54, 1.807) is 41.8 Å². The normalized spacial score (nSPS) is 14.9. The Morgan fingerprint density at radius 3 is 2.52 bits per heavy atom. The molecule has 1 aliphatic heterocycles. The summed E-state index contributed by atoms with van der Waals surface area (Å²) in [5, 5.41) is 14.5. The van der Waals surface area contributed by atoms with Crippen LogP contribution in [0.4, 0.5) is 10.5 Å². The van der Waals surface area contributed by atoms with Crippen LogP contribution in [0.25, 0.3) is 5.69 Å². The summed E-state index contributed by atoms with van der Waals surface area (Å²) < 4.78 is 12.4. The van der Waals surface area contributed by atoms with Crippen LogP contribution in [0.15, 0.2) is 18.2 Å². The molecule has 1 saturated heterocycles.